The fourth-order valence-electron chi connectivity index (χ4n) is 4.14. The maximum Gasteiger partial charge on any atom is 0.269 e. The molecule has 1 saturated carbocycles. The number of aromatic nitrogens is 3. The van der Waals surface area contributed by atoms with Crippen molar-refractivity contribution in [2.45, 2.75) is 24.5 Å². The van der Waals surface area contributed by atoms with E-state index in [-0.39, 0.29) is 17.6 Å². The van der Waals surface area contributed by atoms with Gasteiger partial charge in [-0.1, -0.05) is 17.9 Å². The Morgan fingerprint density at radius 2 is 2.17 bits per heavy atom. The Labute approximate surface area is 172 Å². The van der Waals surface area contributed by atoms with Crippen LogP contribution in [0.5, 0.6) is 0 Å². The van der Waals surface area contributed by atoms with Crippen LogP contribution in [-0.4, -0.2) is 55.3 Å². The zero-order valence-electron chi connectivity index (χ0n) is 16.2. The molecule has 8 heteroatoms. The number of fused-ring (bicyclic) bond motifs is 2. The van der Waals surface area contributed by atoms with Crippen molar-refractivity contribution in [3.8, 4) is 17.5 Å². The minimum atomic E-state index is -1.67. The van der Waals surface area contributed by atoms with Crippen molar-refractivity contribution in [1.29, 1.82) is 0 Å². The second kappa shape index (κ2) is 6.40. The Balaban J connectivity index is 1.53. The van der Waals surface area contributed by atoms with Gasteiger partial charge in [0.05, 0.1) is 11.1 Å². The lowest BCUT2D eigenvalue weighted by atomic mass is 9.92. The summed E-state index contributed by atoms with van der Waals surface area (Å²) in [5.74, 6) is 5.05. The van der Waals surface area contributed by atoms with Gasteiger partial charge in [-0.05, 0) is 42.7 Å². The Morgan fingerprint density at radius 3 is 2.97 bits per heavy atom. The summed E-state index contributed by atoms with van der Waals surface area (Å²) in [5, 5.41) is 15.7. The molecule has 3 atom stereocenters. The molecule has 2 amide bonds. The van der Waals surface area contributed by atoms with Crippen molar-refractivity contribution in [3.05, 3.63) is 53.9 Å². The zero-order chi connectivity index (χ0) is 21.0. The number of amides is 2. The summed E-state index contributed by atoms with van der Waals surface area (Å²) in [6.07, 6.45) is 2.90. The monoisotopic (exact) mass is 401 g/mol. The van der Waals surface area contributed by atoms with Crippen molar-refractivity contribution < 1.29 is 14.7 Å². The quantitative estimate of drug-likeness (QED) is 0.618. The highest BCUT2D eigenvalue weighted by atomic mass is 16.3. The molecule has 2 aromatic heterocycles. The van der Waals surface area contributed by atoms with Crippen LogP contribution in [0.3, 0.4) is 0 Å². The third-order valence-corrected chi connectivity index (χ3v) is 5.79. The highest BCUT2D eigenvalue weighted by Gasteiger charge is 2.56. The number of primary amides is 1. The van der Waals surface area contributed by atoms with Gasteiger partial charge in [0.25, 0.3) is 11.8 Å². The molecule has 150 valence electrons. The van der Waals surface area contributed by atoms with Crippen LogP contribution in [-0.2, 0) is 4.79 Å². The van der Waals surface area contributed by atoms with Gasteiger partial charge >= 0.3 is 0 Å². The van der Waals surface area contributed by atoms with Gasteiger partial charge < -0.3 is 15.7 Å². The third kappa shape index (κ3) is 2.83. The summed E-state index contributed by atoms with van der Waals surface area (Å²) in [4.78, 5) is 30.2. The summed E-state index contributed by atoms with van der Waals surface area (Å²) in [6.45, 7) is 0. The first-order valence-corrected chi connectivity index (χ1v) is 9.64. The van der Waals surface area contributed by atoms with E-state index >= 15 is 0 Å². The fraction of sp³-hybridized carbons (Fsp3) is 0.273. The number of benzene rings is 1. The van der Waals surface area contributed by atoms with Gasteiger partial charge in [-0.25, -0.2) is 9.67 Å². The van der Waals surface area contributed by atoms with E-state index in [2.05, 4.69) is 21.9 Å². The van der Waals surface area contributed by atoms with Crippen LogP contribution in [0, 0.1) is 17.8 Å². The number of likely N-dealkylation sites (tertiary alicyclic amines) is 1. The van der Waals surface area contributed by atoms with Crippen molar-refractivity contribution in [2.24, 2.45) is 11.7 Å². The smallest absolute Gasteiger partial charge is 0.269 e. The van der Waals surface area contributed by atoms with Gasteiger partial charge in [0.2, 0.25) is 5.60 Å². The number of carbonyl (C=O) groups is 2. The molecule has 1 saturated heterocycles. The van der Waals surface area contributed by atoms with Crippen molar-refractivity contribution in [1.82, 2.24) is 19.7 Å². The molecule has 3 aromatic rings. The van der Waals surface area contributed by atoms with Gasteiger partial charge in [0, 0.05) is 31.3 Å². The first-order chi connectivity index (χ1) is 14.4. The molecule has 0 radical (unpaired) electrons. The topological polar surface area (TPSA) is 114 Å². The van der Waals surface area contributed by atoms with Gasteiger partial charge in [0.1, 0.15) is 0 Å². The molecule has 1 aromatic carbocycles. The average Bonchev–Trinajstić information content (AvgIpc) is 3.40. The number of aliphatic hydroxyl groups is 1. The Morgan fingerprint density at radius 1 is 1.33 bits per heavy atom. The summed E-state index contributed by atoms with van der Waals surface area (Å²) in [5.41, 5.74) is 5.67. The van der Waals surface area contributed by atoms with Crippen molar-refractivity contribution in [3.63, 3.8) is 0 Å². The van der Waals surface area contributed by atoms with E-state index in [9.17, 15) is 14.7 Å². The number of nitrogens with two attached hydrogens (primary N) is 1. The minimum absolute atomic E-state index is 0.138. The molecule has 3 heterocycles. The number of hydrogen-bond acceptors (Lipinski definition) is 5. The van der Waals surface area contributed by atoms with Crippen LogP contribution in [0.4, 0.5) is 0 Å². The standard InChI is InChI=1S/C22H19N5O3/c1-26-17-11-14(17)12-22(30,21(26)29)8-7-13-4-2-5-15(10-13)27-20-16(6-3-9-24-20)18(25-27)19(23)28/h2-6,9-10,14,17,30H,11-12H2,1H3,(H2,23,28). The van der Waals surface area contributed by atoms with Crippen LogP contribution in [0.2, 0.25) is 0 Å². The first kappa shape index (κ1) is 18.3. The lowest BCUT2D eigenvalue weighted by Gasteiger charge is -2.32. The predicted molar refractivity (Wildman–Crippen MR) is 108 cm³/mol. The molecule has 2 fully saturated rings. The van der Waals surface area contributed by atoms with E-state index in [1.54, 1.807) is 54.5 Å². The SMILES string of the molecule is CN1C(=O)C(O)(C#Cc2cccc(-n3nc(C(N)=O)c4cccnc43)c2)CC2CC21. The lowest BCUT2D eigenvalue weighted by Crippen LogP contribution is -2.51. The van der Waals surface area contributed by atoms with E-state index in [0.717, 1.165) is 6.42 Å². The summed E-state index contributed by atoms with van der Waals surface area (Å²) < 4.78 is 1.53. The average molecular weight is 401 g/mol. The van der Waals surface area contributed by atoms with Crippen LogP contribution >= 0.6 is 0 Å². The molecule has 3 N–H and O–H groups in total. The number of hydrogen-bond donors (Lipinski definition) is 2. The Kier molecular flexibility index (Phi) is 3.91. The van der Waals surface area contributed by atoms with Crippen LogP contribution in [0.25, 0.3) is 16.7 Å². The molecular formula is C22H19N5O3. The molecule has 5 rings (SSSR count). The molecule has 8 nitrogen and oxygen atoms in total. The molecule has 2 aliphatic rings. The van der Waals surface area contributed by atoms with E-state index in [4.69, 9.17) is 5.73 Å². The predicted octanol–water partition coefficient (Wildman–Crippen LogP) is 0.853. The number of piperidine rings is 1. The maximum atomic E-state index is 12.5. The number of carbonyl (C=O) groups excluding carboxylic acids is 2. The van der Waals surface area contributed by atoms with Crippen LogP contribution in [0.15, 0.2) is 42.6 Å². The molecule has 1 aliphatic heterocycles. The van der Waals surface area contributed by atoms with E-state index in [1.807, 2.05) is 0 Å². The van der Waals surface area contributed by atoms with Crippen molar-refractivity contribution >= 4 is 22.8 Å². The van der Waals surface area contributed by atoms with E-state index in [0.29, 0.717) is 34.6 Å². The number of pyridine rings is 1. The fourth-order valence-corrected chi connectivity index (χ4v) is 4.14. The minimum Gasteiger partial charge on any atom is -0.369 e. The largest absolute Gasteiger partial charge is 0.369 e. The lowest BCUT2D eigenvalue weighted by molar-refractivity contribution is -0.149. The van der Waals surface area contributed by atoms with Crippen LogP contribution in [0.1, 0.15) is 28.9 Å². The molecule has 30 heavy (non-hydrogen) atoms. The highest BCUT2D eigenvalue weighted by molar-refractivity contribution is 6.03. The molecule has 3 unspecified atom stereocenters. The second-order valence-electron chi connectivity index (χ2n) is 7.84. The normalized spacial score (nSPS) is 24.9. The van der Waals surface area contributed by atoms with Gasteiger partial charge in [-0.15, -0.1) is 0 Å². The van der Waals surface area contributed by atoms with Crippen molar-refractivity contribution in [2.75, 3.05) is 7.05 Å². The summed E-state index contributed by atoms with van der Waals surface area (Å²) >= 11 is 0. The van der Waals surface area contributed by atoms with E-state index < -0.39 is 11.5 Å². The molecule has 0 bridgehead atoms. The van der Waals surface area contributed by atoms with E-state index in [1.165, 1.54) is 4.68 Å². The first-order valence-electron chi connectivity index (χ1n) is 9.64. The van der Waals surface area contributed by atoms with Crippen LogP contribution < -0.4 is 5.73 Å². The van der Waals surface area contributed by atoms with Gasteiger partial charge in [-0.2, -0.15) is 5.10 Å². The summed E-state index contributed by atoms with van der Waals surface area (Å²) in [6, 6.07) is 10.8. The number of nitrogens with zero attached hydrogens (tertiary/aromatic N) is 4. The summed E-state index contributed by atoms with van der Waals surface area (Å²) in [7, 11) is 1.71. The maximum absolute atomic E-state index is 12.5. The molecule has 0 spiro atoms. The third-order valence-electron chi connectivity index (χ3n) is 5.79. The second-order valence-corrected chi connectivity index (χ2v) is 7.84. The molecule has 1 aliphatic carbocycles. The highest BCUT2D eigenvalue weighted by Crippen LogP contribution is 2.46. The molecular weight excluding hydrogens is 382 g/mol. The number of likely N-dealkylation sites (N-methyl/N-ethyl adjacent to an activating group) is 1. The Bertz CT molecular complexity index is 1270. The van der Waals surface area contributed by atoms with Gasteiger partial charge in [0.15, 0.2) is 11.3 Å². The Hall–Kier alpha value is -3.70. The van der Waals surface area contributed by atoms with Gasteiger partial charge in [-0.3, -0.25) is 9.59 Å². The zero-order valence-corrected chi connectivity index (χ0v) is 16.2. The number of rotatable bonds is 2.